The highest BCUT2D eigenvalue weighted by molar-refractivity contribution is 6.36. The highest BCUT2D eigenvalue weighted by Gasteiger charge is 2.37. The minimum absolute atomic E-state index is 0.123. The van der Waals surface area contributed by atoms with E-state index in [0.29, 0.717) is 16.1 Å². The number of rotatable bonds is 1. The average Bonchev–Trinajstić information content (AvgIpc) is 2.47. The lowest BCUT2D eigenvalue weighted by atomic mass is 10.0. The van der Waals surface area contributed by atoms with Gasteiger partial charge in [0.2, 0.25) is 5.82 Å². The molecule has 24 heavy (non-hydrogen) atoms. The SMILES string of the molecule is O=c1[nH]c2ccc(-c3ccc(Cl)cc3Cl)cc2c(C(F)(F)F)c1F. The van der Waals surface area contributed by atoms with Crippen molar-refractivity contribution in [2.45, 2.75) is 6.18 Å². The number of benzene rings is 2. The third-order valence-electron chi connectivity index (χ3n) is 3.48. The van der Waals surface area contributed by atoms with E-state index in [1.165, 1.54) is 24.3 Å². The predicted molar refractivity (Wildman–Crippen MR) is 85.0 cm³/mol. The Bertz CT molecular complexity index is 1010. The molecule has 124 valence electrons. The summed E-state index contributed by atoms with van der Waals surface area (Å²) in [6.07, 6.45) is -5.01. The molecule has 0 aliphatic heterocycles. The summed E-state index contributed by atoms with van der Waals surface area (Å²) in [7, 11) is 0. The topological polar surface area (TPSA) is 32.9 Å². The first kappa shape index (κ1) is 16.8. The average molecular weight is 376 g/mol. The largest absolute Gasteiger partial charge is 0.420 e. The van der Waals surface area contributed by atoms with Gasteiger partial charge in [0.05, 0.1) is 0 Å². The van der Waals surface area contributed by atoms with Crippen LogP contribution in [0.5, 0.6) is 0 Å². The number of pyridine rings is 1. The van der Waals surface area contributed by atoms with Gasteiger partial charge in [0, 0.05) is 26.5 Å². The van der Waals surface area contributed by atoms with Crippen LogP contribution in [-0.4, -0.2) is 4.98 Å². The van der Waals surface area contributed by atoms with Crippen molar-refractivity contribution in [1.82, 2.24) is 4.98 Å². The summed E-state index contributed by atoms with van der Waals surface area (Å²) < 4.78 is 53.4. The normalized spacial score (nSPS) is 11.9. The fourth-order valence-corrected chi connectivity index (χ4v) is 2.95. The quantitative estimate of drug-likeness (QED) is 0.547. The number of alkyl halides is 3. The van der Waals surface area contributed by atoms with E-state index >= 15 is 0 Å². The number of aromatic amines is 1. The Kier molecular flexibility index (Phi) is 4.05. The maximum atomic E-state index is 13.8. The van der Waals surface area contributed by atoms with Gasteiger partial charge >= 0.3 is 6.18 Å². The summed E-state index contributed by atoms with van der Waals surface area (Å²) >= 11 is 11.9. The van der Waals surface area contributed by atoms with Crippen molar-refractivity contribution in [2.24, 2.45) is 0 Å². The predicted octanol–water partition coefficient (Wildman–Crippen LogP) is 5.66. The van der Waals surface area contributed by atoms with Gasteiger partial charge < -0.3 is 4.98 Å². The third kappa shape index (κ3) is 2.87. The summed E-state index contributed by atoms with van der Waals surface area (Å²) in [5, 5.41) is 0.152. The Balaban J connectivity index is 2.35. The van der Waals surface area contributed by atoms with E-state index in [-0.39, 0.29) is 10.5 Å². The van der Waals surface area contributed by atoms with Gasteiger partial charge in [-0.05, 0) is 29.8 Å². The van der Waals surface area contributed by atoms with Crippen LogP contribution >= 0.6 is 23.2 Å². The zero-order chi connectivity index (χ0) is 17.6. The van der Waals surface area contributed by atoms with Gasteiger partial charge in [0.25, 0.3) is 5.56 Å². The van der Waals surface area contributed by atoms with E-state index in [0.717, 1.165) is 6.07 Å². The molecule has 0 aliphatic carbocycles. The molecule has 2 nitrogen and oxygen atoms in total. The number of hydrogen-bond donors (Lipinski definition) is 1. The summed E-state index contributed by atoms with van der Waals surface area (Å²) in [4.78, 5) is 13.5. The molecule has 0 unspecified atom stereocenters. The molecule has 0 bridgehead atoms. The molecule has 0 amide bonds. The summed E-state index contributed by atoms with van der Waals surface area (Å²) in [6.45, 7) is 0. The molecule has 0 fully saturated rings. The molecule has 3 rings (SSSR count). The molecule has 0 radical (unpaired) electrons. The van der Waals surface area contributed by atoms with Crippen LogP contribution in [0.2, 0.25) is 10.0 Å². The van der Waals surface area contributed by atoms with Gasteiger partial charge in [0.15, 0.2) is 0 Å². The zero-order valence-electron chi connectivity index (χ0n) is 11.6. The Morgan fingerprint density at radius 2 is 1.71 bits per heavy atom. The van der Waals surface area contributed by atoms with Gasteiger partial charge in [-0.15, -0.1) is 0 Å². The Morgan fingerprint density at radius 1 is 1.00 bits per heavy atom. The first-order valence-corrected chi connectivity index (χ1v) is 7.32. The van der Waals surface area contributed by atoms with E-state index in [9.17, 15) is 22.4 Å². The zero-order valence-corrected chi connectivity index (χ0v) is 13.2. The van der Waals surface area contributed by atoms with E-state index in [1.807, 2.05) is 0 Å². The number of aromatic nitrogens is 1. The number of nitrogens with one attached hydrogen (secondary N) is 1. The first-order chi connectivity index (χ1) is 11.2. The molecule has 0 aliphatic rings. The molecule has 1 heterocycles. The molecule has 0 saturated heterocycles. The van der Waals surface area contributed by atoms with E-state index in [4.69, 9.17) is 23.2 Å². The highest BCUT2D eigenvalue weighted by atomic mass is 35.5. The van der Waals surface area contributed by atoms with E-state index in [1.54, 1.807) is 6.07 Å². The summed E-state index contributed by atoms with van der Waals surface area (Å²) in [5.41, 5.74) is -2.38. The van der Waals surface area contributed by atoms with Crippen LogP contribution in [0.15, 0.2) is 41.2 Å². The molecule has 1 aromatic heterocycles. The molecular weight excluding hydrogens is 369 g/mol. The molecular formula is C16H7Cl2F4NO. The van der Waals surface area contributed by atoms with Gasteiger partial charge in [-0.2, -0.15) is 13.2 Å². The van der Waals surface area contributed by atoms with Crippen LogP contribution in [-0.2, 0) is 6.18 Å². The molecule has 0 atom stereocenters. The smallest absolute Gasteiger partial charge is 0.319 e. The maximum absolute atomic E-state index is 13.8. The van der Waals surface area contributed by atoms with Crippen molar-refractivity contribution >= 4 is 34.1 Å². The van der Waals surface area contributed by atoms with Crippen LogP contribution in [0.1, 0.15) is 5.56 Å². The fourth-order valence-electron chi connectivity index (χ4n) is 2.44. The molecule has 8 heteroatoms. The number of halogens is 6. The molecule has 2 aromatic carbocycles. The molecule has 1 N–H and O–H groups in total. The van der Waals surface area contributed by atoms with Gasteiger partial charge in [0.1, 0.15) is 5.56 Å². The monoisotopic (exact) mass is 375 g/mol. The van der Waals surface area contributed by atoms with Crippen LogP contribution in [0.4, 0.5) is 17.6 Å². The van der Waals surface area contributed by atoms with Crippen molar-refractivity contribution in [3.63, 3.8) is 0 Å². The molecule has 0 spiro atoms. The van der Waals surface area contributed by atoms with E-state index < -0.39 is 28.5 Å². The Hall–Kier alpha value is -2.05. The lowest BCUT2D eigenvalue weighted by Gasteiger charge is -2.13. The molecule has 0 saturated carbocycles. The Labute approximate surface area is 142 Å². The van der Waals surface area contributed by atoms with E-state index in [2.05, 4.69) is 4.98 Å². The van der Waals surface area contributed by atoms with Crippen molar-refractivity contribution in [1.29, 1.82) is 0 Å². The third-order valence-corrected chi connectivity index (χ3v) is 4.03. The van der Waals surface area contributed by atoms with Crippen LogP contribution in [0, 0.1) is 5.82 Å². The van der Waals surface area contributed by atoms with Crippen LogP contribution in [0.25, 0.3) is 22.0 Å². The standard InChI is InChI=1S/C16H7Cl2F4NO/c17-8-2-3-9(11(18)6-8)7-1-4-12-10(5-7)13(16(20,21)22)14(19)15(24)23-12/h1-6H,(H,23,24). The van der Waals surface area contributed by atoms with Crippen LogP contribution < -0.4 is 5.56 Å². The van der Waals surface area contributed by atoms with Crippen molar-refractivity contribution in [2.75, 3.05) is 0 Å². The van der Waals surface area contributed by atoms with Crippen molar-refractivity contribution in [3.05, 3.63) is 68.2 Å². The first-order valence-electron chi connectivity index (χ1n) is 6.56. The maximum Gasteiger partial charge on any atom is 0.420 e. The van der Waals surface area contributed by atoms with Crippen LogP contribution in [0.3, 0.4) is 0 Å². The highest BCUT2D eigenvalue weighted by Crippen LogP contribution is 2.38. The lowest BCUT2D eigenvalue weighted by Crippen LogP contribution is -2.20. The second kappa shape index (κ2) is 5.79. The minimum atomic E-state index is -5.01. The number of hydrogen-bond acceptors (Lipinski definition) is 1. The minimum Gasteiger partial charge on any atom is -0.319 e. The van der Waals surface area contributed by atoms with Crippen molar-refractivity contribution < 1.29 is 17.6 Å². The lowest BCUT2D eigenvalue weighted by molar-refractivity contribution is -0.138. The number of fused-ring (bicyclic) bond motifs is 1. The second-order valence-corrected chi connectivity index (χ2v) is 5.87. The second-order valence-electron chi connectivity index (χ2n) is 5.03. The van der Waals surface area contributed by atoms with Gasteiger partial charge in [-0.25, -0.2) is 4.39 Å². The summed E-state index contributed by atoms with van der Waals surface area (Å²) in [6, 6.07) is 8.40. The van der Waals surface area contributed by atoms with Gasteiger partial charge in [-0.3, -0.25) is 4.79 Å². The van der Waals surface area contributed by atoms with Crippen molar-refractivity contribution in [3.8, 4) is 11.1 Å². The fraction of sp³-hybridized carbons (Fsp3) is 0.0625. The number of H-pyrrole nitrogens is 1. The summed E-state index contributed by atoms with van der Waals surface area (Å²) in [5.74, 6) is -1.87. The Morgan fingerprint density at radius 3 is 2.33 bits per heavy atom. The van der Waals surface area contributed by atoms with Gasteiger partial charge in [-0.1, -0.05) is 35.3 Å². The molecule has 3 aromatic rings.